The summed E-state index contributed by atoms with van der Waals surface area (Å²) in [5.41, 5.74) is 9.64. The fourth-order valence-corrected chi connectivity index (χ4v) is 1.13. The third-order valence-electron chi connectivity index (χ3n) is 1.90. The molecule has 4 N–H and O–H groups in total. The molecule has 0 bridgehead atoms. The standard InChI is InChI=1S/C6H12.C2H7N3.C2H6/c1-6-4-2-3-5-6;1-5-2(3)4;1-2/h6H,2-5H2,1H3;1H3,(H4,3,4,5);1-2H3. The summed E-state index contributed by atoms with van der Waals surface area (Å²) in [5, 5.41) is 0. The fourth-order valence-electron chi connectivity index (χ4n) is 1.13. The summed E-state index contributed by atoms with van der Waals surface area (Å²) in [6.45, 7) is 6.34. The van der Waals surface area contributed by atoms with Gasteiger partial charge in [-0.3, -0.25) is 4.99 Å². The van der Waals surface area contributed by atoms with Gasteiger partial charge in [0.15, 0.2) is 5.96 Å². The molecule has 13 heavy (non-hydrogen) atoms. The Bertz CT molecular complexity index is 111. The van der Waals surface area contributed by atoms with E-state index >= 15 is 0 Å². The van der Waals surface area contributed by atoms with Gasteiger partial charge in [-0.05, 0) is 5.92 Å². The van der Waals surface area contributed by atoms with Crippen LogP contribution in [0.5, 0.6) is 0 Å². The average molecular weight is 187 g/mol. The number of rotatable bonds is 0. The Hall–Kier alpha value is -0.730. The monoisotopic (exact) mass is 187 g/mol. The van der Waals surface area contributed by atoms with Crippen LogP contribution in [0.15, 0.2) is 4.99 Å². The molecule has 1 saturated carbocycles. The first-order valence-corrected chi connectivity index (χ1v) is 5.14. The van der Waals surface area contributed by atoms with Gasteiger partial charge in [0.2, 0.25) is 0 Å². The van der Waals surface area contributed by atoms with Crippen LogP contribution in [0.3, 0.4) is 0 Å². The number of aliphatic imine (C=N–C) groups is 1. The van der Waals surface area contributed by atoms with Crippen molar-refractivity contribution >= 4 is 5.96 Å². The minimum absolute atomic E-state index is 0.130. The largest absolute Gasteiger partial charge is 0.370 e. The van der Waals surface area contributed by atoms with E-state index in [0.717, 1.165) is 5.92 Å². The third kappa shape index (κ3) is 14.2. The predicted molar refractivity (Wildman–Crippen MR) is 60.7 cm³/mol. The molecule has 0 radical (unpaired) electrons. The second-order valence-corrected chi connectivity index (χ2v) is 3.04. The summed E-state index contributed by atoms with van der Waals surface area (Å²) in [6, 6.07) is 0. The summed E-state index contributed by atoms with van der Waals surface area (Å²) < 4.78 is 0. The van der Waals surface area contributed by atoms with Gasteiger partial charge in [0, 0.05) is 7.05 Å². The van der Waals surface area contributed by atoms with Crippen LogP contribution in [0.25, 0.3) is 0 Å². The molecule has 0 aromatic rings. The second-order valence-electron chi connectivity index (χ2n) is 3.04. The quantitative estimate of drug-likeness (QED) is 0.450. The van der Waals surface area contributed by atoms with Crippen LogP contribution in [0.4, 0.5) is 0 Å². The van der Waals surface area contributed by atoms with Crippen molar-refractivity contribution < 1.29 is 0 Å². The van der Waals surface area contributed by atoms with Crippen molar-refractivity contribution in [2.24, 2.45) is 22.4 Å². The average Bonchev–Trinajstić information content (AvgIpc) is 2.60. The van der Waals surface area contributed by atoms with Gasteiger partial charge in [0.1, 0.15) is 0 Å². The van der Waals surface area contributed by atoms with Crippen LogP contribution in [0.2, 0.25) is 0 Å². The van der Waals surface area contributed by atoms with Crippen LogP contribution in [0.1, 0.15) is 46.5 Å². The van der Waals surface area contributed by atoms with Gasteiger partial charge < -0.3 is 11.5 Å². The Morgan fingerprint density at radius 1 is 1.15 bits per heavy atom. The van der Waals surface area contributed by atoms with E-state index in [1.54, 1.807) is 0 Å². The molecule has 3 heteroatoms. The molecule has 0 saturated heterocycles. The first kappa shape index (κ1) is 14.8. The predicted octanol–water partition coefficient (Wildman–Crippen LogP) is 2.11. The molecule has 3 nitrogen and oxygen atoms in total. The Kier molecular flexibility index (Phi) is 12.8. The topological polar surface area (TPSA) is 64.4 Å². The smallest absolute Gasteiger partial charge is 0.185 e. The molecule has 0 amide bonds. The lowest BCUT2D eigenvalue weighted by Crippen LogP contribution is -2.21. The Morgan fingerprint density at radius 2 is 1.46 bits per heavy atom. The molecule has 1 fully saturated rings. The van der Waals surface area contributed by atoms with E-state index in [-0.39, 0.29) is 5.96 Å². The van der Waals surface area contributed by atoms with Crippen molar-refractivity contribution in [3.05, 3.63) is 0 Å². The van der Waals surface area contributed by atoms with Crippen molar-refractivity contribution in [2.45, 2.75) is 46.5 Å². The number of hydrogen-bond donors (Lipinski definition) is 2. The summed E-state index contributed by atoms with van der Waals surface area (Å²) >= 11 is 0. The van der Waals surface area contributed by atoms with Gasteiger partial charge in [-0.2, -0.15) is 0 Å². The maximum absolute atomic E-state index is 4.82. The van der Waals surface area contributed by atoms with Crippen LogP contribution in [0, 0.1) is 5.92 Å². The zero-order valence-corrected chi connectivity index (χ0v) is 9.51. The van der Waals surface area contributed by atoms with Crippen LogP contribution in [-0.2, 0) is 0 Å². The lowest BCUT2D eigenvalue weighted by molar-refractivity contribution is 0.612. The van der Waals surface area contributed by atoms with E-state index in [1.807, 2.05) is 13.8 Å². The zero-order valence-electron chi connectivity index (χ0n) is 9.51. The normalized spacial score (nSPS) is 14.8. The first-order chi connectivity index (χ1) is 6.16. The molecule has 1 aliphatic carbocycles. The van der Waals surface area contributed by atoms with Crippen LogP contribution < -0.4 is 11.5 Å². The third-order valence-corrected chi connectivity index (χ3v) is 1.90. The molecular weight excluding hydrogens is 162 g/mol. The summed E-state index contributed by atoms with van der Waals surface area (Å²) in [6.07, 6.45) is 5.95. The van der Waals surface area contributed by atoms with Gasteiger partial charge in [0.25, 0.3) is 0 Å². The fraction of sp³-hybridized carbons (Fsp3) is 0.900. The highest BCUT2D eigenvalue weighted by molar-refractivity contribution is 5.75. The van der Waals surface area contributed by atoms with Crippen molar-refractivity contribution in [1.82, 2.24) is 0 Å². The minimum atomic E-state index is 0.130. The highest BCUT2D eigenvalue weighted by atomic mass is 15.0. The van der Waals surface area contributed by atoms with Crippen molar-refractivity contribution in [3.8, 4) is 0 Å². The maximum Gasteiger partial charge on any atom is 0.185 e. The molecule has 0 spiro atoms. The lowest BCUT2D eigenvalue weighted by atomic mass is 10.2. The molecule has 0 unspecified atom stereocenters. The summed E-state index contributed by atoms with van der Waals surface area (Å²) in [7, 11) is 1.54. The van der Waals surface area contributed by atoms with Crippen molar-refractivity contribution in [1.29, 1.82) is 0 Å². The van der Waals surface area contributed by atoms with E-state index in [1.165, 1.54) is 32.7 Å². The number of nitrogens with zero attached hydrogens (tertiary/aromatic N) is 1. The minimum Gasteiger partial charge on any atom is -0.370 e. The molecule has 0 aromatic carbocycles. The molecule has 0 atom stereocenters. The van der Waals surface area contributed by atoms with Gasteiger partial charge in [-0.15, -0.1) is 0 Å². The molecule has 1 aliphatic rings. The first-order valence-electron chi connectivity index (χ1n) is 5.14. The van der Waals surface area contributed by atoms with Crippen LogP contribution >= 0.6 is 0 Å². The molecule has 0 aromatic heterocycles. The molecule has 0 aliphatic heterocycles. The second kappa shape index (κ2) is 11.3. The van der Waals surface area contributed by atoms with E-state index in [9.17, 15) is 0 Å². The highest BCUT2D eigenvalue weighted by Gasteiger charge is 2.07. The molecule has 0 heterocycles. The van der Waals surface area contributed by atoms with Gasteiger partial charge in [-0.1, -0.05) is 46.5 Å². The Labute approximate surface area is 82.6 Å². The van der Waals surface area contributed by atoms with E-state index in [0.29, 0.717) is 0 Å². The van der Waals surface area contributed by atoms with Gasteiger partial charge in [-0.25, -0.2) is 0 Å². The lowest BCUT2D eigenvalue weighted by Gasteiger charge is -1.91. The molecular formula is C10H25N3. The molecule has 80 valence electrons. The molecule has 1 rings (SSSR count). The number of guanidine groups is 1. The highest BCUT2D eigenvalue weighted by Crippen LogP contribution is 2.22. The summed E-state index contributed by atoms with van der Waals surface area (Å²) in [4.78, 5) is 3.36. The summed E-state index contributed by atoms with van der Waals surface area (Å²) in [5.74, 6) is 1.18. The SMILES string of the molecule is CC.CC1CCCC1.CN=C(N)N. The Morgan fingerprint density at radius 3 is 1.54 bits per heavy atom. The van der Waals surface area contributed by atoms with E-state index in [4.69, 9.17) is 11.5 Å². The maximum atomic E-state index is 4.82. The zero-order chi connectivity index (χ0) is 10.7. The Balaban J connectivity index is 0. The van der Waals surface area contributed by atoms with Crippen molar-refractivity contribution in [3.63, 3.8) is 0 Å². The van der Waals surface area contributed by atoms with E-state index in [2.05, 4.69) is 11.9 Å². The van der Waals surface area contributed by atoms with Gasteiger partial charge in [0.05, 0.1) is 0 Å². The van der Waals surface area contributed by atoms with Gasteiger partial charge >= 0.3 is 0 Å². The number of nitrogens with two attached hydrogens (primary N) is 2. The van der Waals surface area contributed by atoms with Crippen molar-refractivity contribution in [2.75, 3.05) is 7.05 Å². The van der Waals surface area contributed by atoms with E-state index < -0.39 is 0 Å². The number of hydrogen-bond acceptors (Lipinski definition) is 1. The van der Waals surface area contributed by atoms with Crippen LogP contribution in [-0.4, -0.2) is 13.0 Å².